The molecule has 0 aliphatic rings. The van der Waals surface area contributed by atoms with Crippen molar-refractivity contribution in [2.24, 2.45) is 0 Å². The number of carboxylic acid groups (broad SMARTS) is 1. The second kappa shape index (κ2) is 11.8. The molecule has 0 fully saturated rings. The predicted molar refractivity (Wildman–Crippen MR) is 83.7 cm³/mol. The summed E-state index contributed by atoms with van der Waals surface area (Å²) in [5.74, 6) is -1.16. The van der Waals surface area contributed by atoms with Crippen molar-refractivity contribution in [3.05, 3.63) is 70.8 Å². The Kier molecular flexibility index (Phi) is 12.2. The second-order valence-electron chi connectivity index (χ2n) is 4.53. The first-order valence-electron chi connectivity index (χ1n) is 6.39. The molecule has 0 unspecified atom stereocenters. The van der Waals surface area contributed by atoms with Gasteiger partial charge in [0.05, 0.1) is 18.2 Å². The molecule has 0 spiro atoms. The van der Waals surface area contributed by atoms with Gasteiger partial charge in [0.25, 0.3) is 0 Å². The third-order valence-electron chi connectivity index (χ3n) is 2.77. The van der Waals surface area contributed by atoms with Crippen molar-refractivity contribution in [2.45, 2.75) is 13.8 Å². The number of aryl methyl sites for hydroxylation is 2. The Morgan fingerprint density at radius 2 is 1.22 bits per heavy atom. The van der Waals surface area contributed by atoms with Gasteiger partial charge in [-0.05, 0) is 38.1 Å². The number of hydrogen-bond acceptors (Lipinski definition) is 4. The fraction of sp³-hybridized carbons (Fsp3) is 0.176. The summed E-state index contributed by atoms with van der Waals surface area (Å²) in [4.78, 5) is 21.2. The van der Waals surface area contributed by atoms with Crippen LogP contribution in [0.1, 0.15) is 33.3 Å². The van der Waals surface area contributed by atoms with Crippen LogP contribution in [0.2, 0.25) is 0 Å². The first-order valence-corrected chi connectivity index (χ1v) is 6.39. The smallest absolute Gasteiger partial charge is 0.870 e. The Bertz CT molecular complexity index is 612. The van der Waals surface area contributed by atoms with Gasteiger partial charge in [0.1, 0.15) is 0 Å². The van der Waals surface area contributed by atoms with Crippen LogP contribution in [0.4, 0.5) is 0 Å². The van der Waals surface area contributed by atoms with Crippen LogP contribution in [-0.4, -0.2) is 29.6 Å². The van der Waals surface area contributed by atoms with Crippen molar-refractivity contribution in [3.63, 3.8) is 0 Å². The maximum Gasteiger partial charge on any atom is 1.00 e. The average Bonchev–Trinajstić information content (AvgIpc) is 2.48. The third-order valence-corrected chi connectivity index (χ3v) is 2.77. The zero-order valence-electron chi connectivity index (χ0n) is 14.7. The van der Waals surface area contributed by atoms with Crippen LogP contribution in [0.25, 0.3) is 0 Å². The summed E-state index contributed by atoms with van der Waals surface area (Å²) in [5.41, 5.74) is 3.14. The van der Waals surface area contributed by atoms with Crippen LogP contribution in [0.3, 0.4) is 0 Å². The number of methoxy groups -OCH3 is 1. The number of esters is 1. The molecule has 0 aliphatic heterocycles. The molecular formula is C17H20NaO5+. The van der Waals surface area contributed by atoms with Gasteiger partial charge >= 0.3 is 42.9 Å². The maximum absolute atomic E-state index is 10.9. The van der Waals surface area contributed by atoms with Crippen LogP contribution in [0.15, 0.2) is 48.5 Å². The van der Waals surface area contributed by atoms with E-state index in [0.29, 0.717) is 11.1 Å². The Labute approximate surface area is 159 Å². The Morgan fingerprint density at radius 3 is 1.52 bits per heavy atom. The minimum Gasteiger partial charge on any atom is -0.870 e. The molecule has 23 heavy (non-hydrogen) atoms. The number of aromatic carboxylic acids is 1. The Morgan fingerprint density at radius 1 is 0.870 bits per heavy atom. The average molecular weight is 327 g/mol. The molecule has 0 amide bonds. The minimum absolute atomic E-state index is 0. The van der Waals surface area contributed by atoms with Gasteiger partial charge in [0.2, 0.25) is 0 Å². The topological polar surface area (TPSA) is 93.6 Å². The molecule has 5 nitrogen and oxygen atoms in total. The summed E-state index contributed by atoms with van der Waals surface area (Å²) < 4.78 is 4.54. The van der Waals surface area contributed by atoms with Crippen LogP contribution < -0.4 is 29.6 Å². The molecule has 0 saturated heterocycles. The van der Waals surface area contributed by atoms with Gasteiger partial charge in [-0.1, -0.05) is 35.4 Å². The summed E-state index contributed by atoms with van der Waals surface area (Å²) in [5, 5.41) is 8.48. The van der Waals surface area contributed by atoms with E-state index in [1.807, 2.05) is 26.0 Å². The fourth-order valence-corrected chi connectivity index (χ4v) is 1.50. The third kappa shape index (κ3) is 8.52. The first kappa shape index (κ1) is 23.6. The minimum atomic E-state index is -0.875. The summed E-state index contributed by atoms with van der Waals surface area (Å²) in [7, 11) is 1.38. The summed E-state index contributed by atoms with van der Waals surface area (Å²) >= 11 is 0. The molecular weight excluding hydrogens is 307 g/mol. The standard InChI is InChI=1S/C9H10O2.C8H8O2.Na.H2O/c1-7-3-5-8(6-4-7)9(10)11-2;1-6-2-4-7(5-3-6)8(9)10;;/h3-6H,1-2H3;2-5H,1H3,(H,9,10);;1H2/q;;+1;. The SMILES string of the molecule is COC(=O)c1ccc(C)cc1.Cc1ccc(C(=O)O)cc1.[H+].[Na+].[OH-]. The molecule has 0 heterocycles. The van der Waals surface area contributed by atoms with Gasteiger partial charge in [0.15, 0.2) is 0 Å². The van der Waals surface area contributed by atoms with E-state index in [-0.39, 0.29) is 42.4 Å². The van der Waals surface area contributed by atoms with E-state index in [4.69, 9.17) is 5.11 Å². The number of hydrogen-bond donors (Lipinski definition) is 1. The fourth-order valence-electron chi connectivity index (χ4n) is 1.50. The molecule has 2 rings (SSSR count). The summed E-state index contributed by atoms with van der Waals surface area (Å²) in [6, 6.07) is 14.0. The number of carboxylic acids is 1. The van der Waals surface area contributed by atoms with E-state index in [2.05, 4.69) is 4.74 Å². The summed E-state index contributed by atoms with van der Waals surface area (Å²) in [6.07, 6.45) is 0. The molecule has 2 aromatic rings. The van der Waals surface area contributed by atoms with Crippen molar-refractivity contribution < 1.29 is 55.9 Å². The van der Waals surface area contributed by atoms with Crippen molar-refractivity contribution in [2.75, 3.05) is 7.11 Å². The molecule has 0 atom stereocenters. The normalized spacial score (nSPS) is 8.48. The zero-order chi connectivity index (χ0) is 15.8. The van der Waals surface area contributed by atoms with Gasteiger partial charge in [-0.2, -0.15) is 0 Å². The monoisotopic (exact) mass is 327 g/mol. The van der Waals surface area contributed by atoms with E-state index in [0.717, 1.165) is 11.1 Å². The van der Waals surface area contributed by atoms with Crippen LogP contribution >= 0.6 is 0 Å². The number of rotatable bonds is 2. The van der Waals surface area contributed by atoms with Crippen LogP contribution in [-0.2, 0) is 4.74 Å². The quantitative estimate of drug-likeness (QED) is 0.637. The molecule has 6 heteroatoms. The molecule has 118 valence electrons. The van der Waals surface area contributed by atoms with E-state index in [1.165, 1.54) is 7.11 Å². The van der Waals surface area contributed by atoms with Crippen LogP contribution in [0.5, 0.6) is 0 Å². The first-order chi connectivity index (χ1) is 9.93. The van der Waals surface area contributed by atoms with E-state index >= 15 is 0 Å². The van der Waals surface area contributed by atoms with Gasteiger partial charge in [-0.25, -0.2) is 9.59 Å². The molecule has 0 saturated carbocycles. The summed E-state index contributed by atoms with van der Waals surface area (Å²) in [6.45, 7) is 3.90. The number of carbonyl (C=O) groups is 2. The molecule has 2 aromatic carbocycles. The predicted octanol–water partition coefficient (Wildman–Crippen LogP) is 0.415. The van der Waals surface area contributed by atoms with E-state index in [9.17, 15) is 9.59 Å². The molecule has 0 aromatic heterocycles. The van der Waals surface area contributed by atoms with E-state index < -0.39 is 5.97 Å². The second-order valence-corrected chi connectivity index (χ2v) is 4.53. The Balaban J connectivity index is -0.000000328. The van der Waals surface area contributed by atoms with Gasteiger partial charge in [-0.15, -0.1) is 0 Å². The van der Waals surface area contributed by atoms with Crippen molar-refractivity contribution in [1.82, 2.24) is 0 Å². The maximum atomic E-state index is 10.9. The van der Waals surface area contributed by atoms with Crippen molar-refractivity contribution >= 4 is 11.9 Å². The number of benzene rings is 2. The van der Waals surface area contributed by atoms with Gasteiger partial charge in [0, 0.05) is 0 Å². The van der Waals surface area contributed by atoms with E-state index in [1.54, 1.807) is 36.4 Å². The van der Waals surface area contributed by atoms with Crippen molar-refractivity contribution in [1.29, 1.82) is 0 Å². The zero-order valence-corrected chi connectivity index (χ0v) is 15.7. The number of ether oxygens (including phenoxy) is 1. The van der Waals surface area contributed by atoms with Gasteiger partial charge < -0.3 is 15.3 Å². The van der Waals surface area contributed by atoms with Gasteiger partial charge in [-0.3, -0.25) is 0 Å². The number of carbonyl (C=O) groups excluding carboxylic acids is 1. The largest absolute Gasteiger partial charge is 1.00 e. The Hall–Kier alpha value is -1.66. The van der Waals surface area contributed by atoms with Crippen LogP contribution in [0, 0.1) is 13.8 Å². The molecule has 0 aliphatic carbocycles. The van der Waals surface area contributed by atoms with Crippen molar-refractivity contribution in [3.8, 4) is 0 Å². The molecule has 2 N–H and O–H groups in total. The molecule has 0 radical (unpaired) electrons. The molecule has 0 bridgehead atoms.